The first-order chi connectivity index (χ1) is 11.7. The second-order valence-electron chi connectivity index (χ2n) is 5.26. The highest BCUT2D eigenvalue weighted by Gasteiger charge is 2.07. The Labute approximate surface area is 139 Å². The van der Waals surface area contributed by atoms with Crippen LogP contribution >= 0.6 is 0 Å². The van der Waals surface area contributed by atoms with E-state index in [1.54, 1.807) is 24.4 Å². The number of rotatable bonds is 5. The molecule has 0 saturated carbocycles. The highest BCUT2D eigenvalue weighted by molar-refractivity contribution is 5.94. The second-order valence-corrected chi connectivity index (χ2v) is 5.26. The van der Waals surface area contributed by atoms with Gasteiger partial charge in [0, 0.05) is 18.4 Å². The van der Waals surface area contributed by atoms with E-state index in [1.165, 1.54) is 18.3 Å². The van der Waals surface area contributed by atoms with Crippen molar-refractivity contribution in [1.29, 1.82) is 0 Å². The monoisotopic (exact) mass is 321 g/mol. The largest absolute Gasteiger partial charge is 0.354 e. The number of benzene rings is 2. The molecule has 2 aromatic carbocycles. The van der Waals surface area contributed by atoms with Gasteiger partial charge < -0.3 is 10.6 Å². The maximum absolute atomic E-state index is 12.9. The van der Waals surface area contributed by atoms with Crippen LogP contribution in [0.4, 0.5) is 15.8 Å². The van der Waals surface area contributed by atoms with E-state index in [4.69, 9.17) is 0 Å². The first-order valence-corrected chi connectivity index (χ1v) is 7.50. The summed E-state index contributed by atoms with van der Waals surface area (Å²) in [4.78, 5) is 16.3. The number of anilines is 2. The van der Waals surface area contributed by atoms with Crippen LogP contribution in [0.1, 0.15) is 15.9 Å². The molecule has 1 heterocycles. The third kappa shape index (κ3) is 4.16. The summed E-state index contributed by atoms with van der Waals surface area (Å²) in [6, 6.07) is 17.4. The number of nitrogens with zero attached hydrogens (tertiary/aromatic N) is 1. The van der Waals surface area contributed by atoms with Gasteiger partial charge in [0.15, 0.2) is 0 Å². The van der Waals surface area contributed by atoms with Crippen LogP contribution in [-0.4, -0.2) is 10.9 Å². The first-order valence-electron chi connectivity index (χ1n) is 7.50. The number of amides is 1. The molecular weight excluding hydrogens is 305 g/mol. The number of nitrogens with one attached hydrogen (secondary N) is 2. The molecule has 0 fully saturated rings. The third-order valence-corrected chi connectivity index (χ3v) is 3.43. The number of hydrogen-bond donors (Lipinski definition) is 2. The Morgan fingerprint density at radius 1 is 0.958 bits per heavy atom. The number of aromatic nitrogens is 1. The van der Waals surface area contributed by atoms with Crippen molar-refractivity contribution in [3.05, 3.63) is 90.0 Å². The summed E-state index contributed by atoms with van der Waals surface area (Å²) in [5.41, 5.74) is 2.87. The van der Waals surface area contributed by atoms with E-state index in [0.29, 0.717) is 17.8 Å². The predicted molar refractivity (Wildman–Crippen MR) is 91.5 cm³/mol. The summed E-state index contributed by atoms with van der Waals surface area (Å²) >= 11 is 0. The minimum absolute atomic E-state index is 0.200. The van der Waals surface area contributed by atoms with Crippen molar-refractivity contribution in [1.82, 2.24) is 10.3 Å². The molecule has 1 amide bonds. The number of halogens is 1. The van der Waals surface area contributed by atoms with Gasteiger partial charge in [-0.3, -0.25) is 9.78 Å². The minimum Gasteiger partial charge on any atom is -0.354 e. The van der Waals surface area contributed by atoms with Crippen LogP contribution in [0.25, 0.3) is 0 Å². The Kier molecular flexibility index (Phi) is 4.81. The van der Waals surface area contributed by atoms with Crippen molar-refractivity contribution in [2.24, 2.45) is 0 Å². The van der Waals surface area contributed by atoms with Crippen molar-refractivity contribution in [2.45, 2.75) is 6.54 Å². The molecule has 4 nitrogen and oxygen atoms in total. The molecule has 3 aromatic rings. The molecular formula is C19H16FN3O. The lowest BCUT2D eigenvalue weighted by Gasteiger charge is -2.09. The summed E-state index contributed by atoms with van der Waals surface area (Å²) in [5.74, 6) is -0.498. The van der Waals surface area contributed by atoms with Crippen LogP contribution in [0.5, 0.6) is 0 Å². The van der Waals surface area contributed by atoms with Gasteiger partial charge in [0.05, 0.1) is 17.4 Å². The van der Waals surface area contributed by atoms with Gasteiger partial charge in [-0.1, -0.05) is 30.3 Å². The Hall–Kier alpha value is -3.21. The summed E-state index contributed by atoms with van der Waals surface area (Å²) in [7, 11) is 0. The molecule has 24 heavy (non-hydrogen) atoms. The van der Waals surface area contributed by atoms with Gasteiger partial charge in [-0.2, -0.15) is 0 Å². The molecule has 0 aliphatic rings. The van der Waals surface area contributed by atoms with E-state index in [0.717, 1.165) is 11.3 Å². The Morgan fingerprint density at radius 3 is 2.46 bits per heavy atom. The average Bonchev–Trinajstić information content (AvgIpc) is 2.63. The fourth-order valence-corrected chi connectivity index (χ4v) is 2.21. The Morgan fingerprint density at radius 2 is 1.71 bits per heavy atom. The smallest absolute Gasteiger partial charge is 0.253 e. The number of carbonyl (C=O) groups is 1. The van der Waals surface area contributed by atoms with Crippen LogP contribution in [0.2, 0.25) is 0 Å². The molecule has 0 atom stereocenters. The van der Waals surface area contributed by atoms with E-state index in [1.807, 2.05) is 30.3 Å². The van der Waals surface area contributed by atoms with Crippen molar-refractivity contribution in [3.8, 4) is 0 Å². The van der Waals surface area contributed by atoms with E-state index in [2.05, 4.69) is 15.6 Å². The highest BCUT2D eigenvalue weighted by Crippen LogP contribution is 2.17. The molecule has 5 heteroatoms. The average molecular weight is 321 g/mol. The lowest BCUT2D eigenvalue weighted by molar-refractivity contribution is 0.0950. The van der Waals surface area contributed by atoms with E-state index in [9.17, 15) is 9.18 Å². The molecule has 1 aromatic heterocycles. The van der Waals surface area contributed by atoms with Crippen LogP contribution in [0.3, 0.4) is 0 Å². The summed E-state index contributed by atoms with van der Waals surface area (Å²) in [5, 5.41) is 5.95. The minimum atomic E-state index is -0.298. The molecule has 0 unspecified atom stereocenters. The zero-order valence-electron chi connectivity index (χ0n) is 12.9. The van der Waals surface area contributed by atoms with E-state index < -0.39 is 0 Å². The zero-order valence-corrected chi connectivity index (χ0v) is 12.9. The van der Waals surface area contributed by atoms with Gasteiger partial charge in [0.2, 0.25) is 0 Å². The van der Waals surface area contributed by atoms with Crippen molar-refractivity contribution >= 4 is 17.3 Å². The van der Waals surface area contributed by atoms with E-state index >= 15 is 0 Å². The van der Waals surface area contributed by atoms with Crippen LogP contribution < -0.4 is 10.6 Å². The summed E-state index contributed by atoms with van der Waals surface area (Å²) in [6.45, 7) is 0.454. The molecule has 0 aliphatic heterocycles. The number of carbonyl (C=O) groups excluding carboxylic acids is 1. The molecule has 0 spiro atoms. The molecule has 3 rings (SSSR count). The lowest BCUT2D eigenvalue weighted by atomic mass is 10.2. The fraction of sp³-hybridized carbons (Fsp3) is 0.0526. The predicted octanol–water partition coefficient (Wildman–Crippen LogP) is 3.89. The second kappa shape index (κ2) is 7.37. The van der Waals surface area contributed by atoms with Gasteiger partial charge in [0.1, 0.15) is 5.82 Å². The number of hydrogen-bond acceptors (Lipinski definition) is 3. The normalized spacial score (nSPS) is 10.2. The topological polar surface area (TPSA) is 54.0 Å². The molecule has 2 N–H and O–H groups in total. The van der Waals surface area contributed by atoms with Crippen LogP contribution in [0.15, 0.2) is 73.1 Å². The van der Waals surface area contributed by atoms with Gasteiger partial charge in [-0.05, 0) is 35.9 Å². The quantitative estimate of drug-likeness (QED) is 0.749. The van der Waals surface area contributed by atoms with Crippen LogP contribution in [0, 0.1) is 5.82 Å². The number of pyridine rings is 1. The van der Waals surface area contributed by atoms with E-state index in [-0.39, 0.29) is 11.7 Å². The fourth-order valence-electron chi connectivity index (χ4n) is 2.21. The van der Waals surface area contributed by atoms with Crippen molar-refractivity contribution < 1.29 is 9.18 Å². The standard InChI is InChI=1S/C19H16FN3O/c20-16-6-8-17(9-7-16)23-18-10-15(12-21-13-18)19(24)22-11-14-4-2-1-3-5-14/h1-10,12-13,23H,11H2,(H,22,24). The molecule has 120 valence electrons. The SMILES string of the molecule is O=C(NCc1ccccc1)c1cncc(Nc2ccc(F)cc2)c1. The molecule has 0 bridgehead atoms. The van der Waals surface area contributed by atoms with Crippen molar-refractivity contribution in [2.75, 3.05) is 5.32 Å². The molecule has 0 radical (unpaired) electrons. The van der Waals surface area contributed by atoms with Gasteiger partial charge in [-0.25, -0.2) is 4.39 Å². The lowest BCUT2D eigenvalue weighted by Crippen LogP contribution is -2.22. The van der Waals surface area contributed by atoms with Gasteiger partial charge in [-0.15, -0.1) is 0 Å². The highest BCUT2D eigenvalue weighted by atomic mass is 19.1. The maximum Gasteiger partial charge on any atom is 0.253 e. The third-order valence-electron chi connectivity index (χ3n) is 3.43. The summed E-state index contributed by atoms with van der Waals surface area (Å²) in [6.07, 6.45) is 3.12. The summed E-state index contributed by atoms with van der Waals surface area (Å²) < 4.78 is 12.9. The first kappa shape index (κ1) is 15.7. The molecule has 0 aliphatic carbocycles. The van der Waals surface area contributed by atoms with Gasteiger partial charge in [0.25, 0.3) is 5.91 Å². The zero-order chi connectivity index (χ0) is 16.8. The van der Waals surface area contributed by atoms with Crippen LogP contribution in [-0.2, 0) is 6.54 Å². The Bertz CT molecular complexity index is 820. The van der Waals surface area contributed by atoms with Crippen molar-refractivity contribution in [3.63, 3.8) is 0 Å². The maximum atomic E-state index is 12.9. The van der Waals surface area contributed by atoms with Gasteiger partial charge >= 0.3 is 0 Å². The molecule has 0 saturated heterocycles. The Balaban J connectivity index is 1.65.